The van der Waals surface area contributed by atoms with Crippen LogP contribution in [0.2, 0.25) is 0 Å². The first-order valence-electron chi connectivity index (χ1n) is 10.7. The topological polar surface area (TPSA) is 63.6 Å². The number of hydrogen-bond acceptors (Lipinski definition) is 5. The first-order valence-corrected chi connectivity index (χ1v) is 12.7. The van der Waals surface area contributed by atoms with Crippen LogP contribution >= 0.6 is 23.5 Å². The molecule has 2 aromatic rings. The molecule has 2 rings (SSSR count). The van der Waals surface area contributed by atoms with Crippen molar-refractivity contribution in [3.8, 4) is 0 Å². The van der Waals surface area contributed by atoms with Crippen molar-refractivity contribution in [1.29, 1.82) is 0 Å². The van der Waals surface area contributed by atoms with Crippen LogP contribution in [0, 0.1) is 12.8 Å². The molecule has 2 aromatic carbocycles. The van der Waals surface area contributed by atoms with Gasteiger partial charge in [-0.1, -0.05) is 29.8 Å². The molecule has 0 radical (unpaired) electrons. The zero-order valence-electron chi connectivity index (χ0n) is 19.8. The van der Waals surface area contributed by atoms with Crippen LogP contribution in [-0.2, 0) is 4.74 Å². The van der Waals surface area contributed by atoms with Crippen molar-refractivity contribution in [1.82, 2.24) is 0 Å². The average Bonchev–Trinajstić information content (AvgIpc) is 2.73. The molecule has 0 aliphatic rings. The molecule has 0 spiro atoms. The maximum absolute atomic E-state index is 13.3. The molecule has 1 N–H and O–H groups in total. The fourth-order valence-corrected chi connectivity index (χ4v) is 5.01. The van der Waals surface area contributed by atoms with Crippen molar-refractivity contribution in [2.75, 3.05) is 18.1 Å². The minimum atomic E-state index is -0.994. The molecule has 4 nitrogen and oxygen atoms in total. The van der Waals surface area contributed by atoms with Gasteiger partial charge in [0.1, 0.15) is 0 Å². The number of Topliss-reactive ketones (excluding diaryl/α,β-unsaturated/α-hetero) is 1. The predicted octanol–water partition coefficient (Wildman–Crippen LogP) is 6.61. The fraction of sp³-hybridized carbons (Fsp3) is 0.462. The number of carboxylic acid groups (broad SMARTS) is 1. The third-order valence-corrected chi connectivity index (χ3v) is 7.43. The number of ether oxygens (including phenoxy) is 1. The maximum Gasteiger partial charge on any atom is 0.335 e. The van der Waals surface area contributed by atoms with Gasteiger partial charge in [-0.2, -0.15) is 11.8 Å². The van der Waals surface area contributed by atoms with Crippen LogP contribution in [0.3, 0.4) is 0 Å². The van der Waals surface area contributed by atoms with Gasteiger partial charge in [0.25, 0.3) is 0 Å². The monoisotopic (exact) mass is 474 g/mol. The summed E-state index contributed by atoms with van der Waals surface area (Å²) in [5.41, 5.74) is 1.73. The summed E-state index contributed by atoms with van der Waals surface area (Å²) < 4.78 is 5.85. The van der Waals surface area contributed by atoms with Gasteiger partial charge in [-0.05, 0) is 65.8 Å². The predicted molar refractivity (Wildman–Crippen MR) is 135 cm³/mol. The van der Waals surface area contributed by atoms with Crippen molar-refractivity contribution in [3.63, 3.8) is 0 Å². The Balaban J connectivity index is 2.13. The minimum absolute atomic E-state index is 0.0431. The van der Waals surface area contributed by atoms with E-state index >= 15 is 0 Å². The van der Waals surface area contributed by atoms with Crippen LogP contribution in [0.4, 0.5) is 0 Å². The van der Waals surface area contributed by atoms with E-state index in [1.165, 1.54) is 17.7 Å². The molecule has 0 saturated heterocycles. The quantitative estimate of drug-likeness (QED) is 0.292. The van der Waals surface area contributed by atoms with E-state index in [0.29, 0.717) is 23.7 Å². The van der Waals surface area contributed by atoms with Crippen molar-refractivity contribution < 1.29 is 19.4 Å². The van der Waals surface area contributed by atoms with Crippen molar-refractivity contribution >= 4 is 35.3 Å². The number of thioether (sulfide) groups is 2. The SMILES string of the molecule is Cc1ccc(SCC(CSC(C)(C)COC(C)(C)C)C(=O)c2ccc(C(=O)O)cc2)cc1. The lowest BCUT2D eigenvalue weighted by Gasteiger charge is -2.30. The molecule has 1 atom stereocenters. The molecule has 0 bridgehead atoms. The second-order valence-electron chi connectivity index (χ2n) is 9.54. The maximum atomic E-state index is 13.3. The Morgan fingerprint density at radius 3 is 2.00 bits per heavy atom. The van der Waals surface area contributed by atoms with E-state index in [1.807, 2.05) is 20.8 Å². The lowest BCUT2D eigenvalue weighted by Crippen LogP contribution is -2.32. The molecular weight excluding hydrogens is 440 g/mol. The molecule has 32 heavy (non-hydrogen) atoms. The Hall–Kier alpha value is -1.76. The number of ketones is 1. The highest BCUT2D eigenvalue weighted by Crippen LogP contribution is 2.32. The second-order valence-corrected chi connectivity index (χ2v) is 12.4. The van der Waals surface area contributed by atoms with Crippen molar-refractivity contribution in [2.24, 2.45) is 5.92 Å². The van der Waals surface area contributed by atoms with Crippen molar-refractivity contribution in [3.05, 3.63) is 65.2 Å². The number of aromatic carboxylic acids is 1. The van der Waals surface area contributed by atoms with E-state index in [-0.39, 0.29) is 27.6 Å². The molecule has 0 saturated carbocycles. The average molecular weight is 475 g/mol. The van der Waals surface area contributed by atoms with E-state index in [4.69, 9.17) is 9.84 Å². The summed E-state index contributed by atoms with van der Waals surface area (Å²) in [6.07, 6.45) is 0. The number of hydrogen-bond donors (Lipinski definition) is 1. The van der Waals surface area contributed by atoms with Gasteiger partial charge >= 0.3 is 5.97 Å². The van der Waals surface area contributed by atoms with Gasteiger partial charge in [-0.3, -0.25) is 4.79 Å². The lowest BCUT2D eigenvalue weighted by molar-refractivity contribution is -0.0110. The summed E-state index contributed by atoms with van der Waals surface area (Å²) >= 11 is 3.42. The van der Waals surface area contributed by atoms with Gasteiger partial charge in [-0.25, -0.2) is 4.79 Å². The summed E-state index contributed by atoms with van der Waals surface area (Å²) in [4.78, 5) is 25.6. The Labute approximate surface area is 200 Å². The lowest BCUT2D eigenvalue weighted by atomic mass is 10.00. The third kappa shape index (κ3) is 9.00. The number of rotatable bonds is 11. The van der Waals surface area contributed by atoms with Crippen LogP contribution in [0.25, 0.3) is 0 Å². The molecule has 0 fully saturated rings. The first-order chi connectivity index (χ1) is 14.9. The molecule has 1 unspecified atom stereocenters. The number of aryl methyl sites for hydroxylation is 1. The minimum Gasteiger partial charge on any atom is -0.478 e. The number of benzene rings is 2. The molecule has 0 aliphatic carbocycles. The Morgan fingerprint density at radius 2 is 1.47 bits per heavy atom. The van der Waals surface area contributed by atoms with E-state index in [2.05, 4.69) is 45.0 Å². The highest BCUT2D eigenvalue weighted by atomic mass is 32.2. The first kappa shape index (κ1) is 26.5. The largest absolute Gasteiger partial charge is 0.478 e. The van der Waals surface area contributed by atoms with Crippen LogP contribution < -0.4 is 0 Å². The van der Waals surface area contributed by atoms with Crippen LogP contribution in [0.1, 0.15) is 60.9 Å². The van der Waals surface area contributed by atoms with Gasteiger partial charge in [0.05, 0.1) is 17.8 Å². The fourth-order valence-electron chi connectivity index (χ4n) is 2.80. The van der Waals surface area contributed by atoms with Gasteiger partial charge in [0, 0.05) is 32.6 Å². The van der Waals surface area contributed by atoms with E-state index < -0.39 is 5.97 Å². The van der Waals surface area contributed by atoms with Gasteiger partial charge < -0.3 is 9.84 Å². The van der Waals surface area contributed by atoms with Crippen LogP contribution in [0.5, 0.6) is 0 Å². The summed E-state index contributed by atoms with van der Waals surface area (Å²) in [5.74, 6) is 0.175. The molecule has 174 valence electrons. The van der Waals surface area contributed by atoms with Gasteiger partial charge in [0.2, 0.25) is 0 Å². The standard InChI is InChI=1S/C26H34O4S2/c1-18-7-13-22(14-8-18)31-15-21(16-32-26(5,6)17-30-25(2,3)4)23(27)19-9-11-20(12-10-19)24(28)29/h7-14,21H,15-17H2,1-6H3,(H,28,29). The number of carbonyl (C=O) groups excluding carboxylic acids is 1. The summed E-state index contributed by atoms with van der Waals surface area (Å²) in [6, 6.07) is 14.5. The van der Waals surface area contributed by atoms with Crippen LogP contribution in [-0.4, -0.2) is 45.3 Å². The number of carbonyl (C=O) groups is 2. The van der Waals surface area contributed by atoms with Crippen molar-refractivity contribution in [2.45, 2.75) is 56.8 Å². The molecule has 0 aromatic heterocycles. The molecule has 0 amide bonds. The smallest absolute Gasteiger partial charge is 0.335 e. The molecule has 6 heteroatoms. The Kier molecular flexibility index (Phi) is 9.43. The molecule has 0 heterocycles. The summed E-state index contributed by atoms with van der Waals surface area (Å²) in [5, 5.41) is 9.13. The molecular formula is C26H34O4S2. The zero-order valence-corrected chi connectivity index (χ0v) is 21.4. The summed E-state index contributed by atoms with van der Waals surface area (Å²) in [6.45, 7) is 13.1. The molecule has 0 aliphatic heterocycles. The van der Waals surface area contributed by atoms with Gasteiger partial charge in [-0.15, -0.1) is 11.8 Å². The van der Waals surface area contributed by atoms with E-state index in [1.54, 1.807) is 35.7 Å². The highest BCUT2D eigenvalue weighted by Gasteiger charge is 2.27. The Morgan fingerprint density at radius 1 is 0.906 bits per heavy atom. The normalized spacial score (nSPS) is 13.1. The highest BCUT2D eigenvalue weighted by molar-refractivity contribution is 8.01. The zero-order chi connectivity index (χ0) is 23.9. The van der Waals surface area contributed by atoms with Gasteiger partial charge in [0.15, 0.2) is 5.78 Å². The second kappa shape index (κ2) is 11.4. The van der Waals surface area contributed by atoms with E-state index in [9.17, 15) is 9.59 Å². The van der Waals surface area contributed by atoms with Crippen LogP contribution in [0.15, 0.2) is 53.4 Å². The third-order valence-electron chi connectivity index (χ3n) is 4.79. The Bertz CT molecular complexity index is 897. The summed E-state index contributed by atoms with van der Waals surface area (Å²) in [7, 11) is 0. The van der Waals surface area contributed by atoms with E-state index in [0.717, 1.165) is 4.90 Å². The number of carboxylic acids is 1.